The second-order valence-electron chi connectivity index (χ2n) is 5.54. The van der Waals surface area contributed by atoms with E-state index < -0.39 is 29.3 Å². The molecule has 1 aromatic carbocycles. The number of imide groups is 1. The van der Waals surface area contributed by atoms with E-state index in [9.17, 15) is 19.2 Å². The van der Waals surface area contributed by atoms with E-state index in [1.54, 1.807) is 32.2 Å². The Labute approximate surface area is 156 Å². The summed E-state index contributed by atoms with van der Waals surface area (Å²) >= 11 is 1.38. The molecule has 0 atom stereocenters. The van der Waals surface area contributed by atoms with Gasteiger partial charge in [-0.05, 0) is 38.0 Å². The smallest absolute Gasteiger partial charge is 0.344 e. The third-order valence-corrected chi connectivity index (χ3v) is 4.68. The summed E-state index contributed by atoms with van der Waals surface area (Å²) in [6, 6.07) is 6.22. The van der Waals surface area contributed by atoms with Gasteiger partial charge in [-0.25, -0.2) is 14.5 Å². The quantitative estimate of drug-likeness (QED) is 0.387. The molecule has 1 heterocycles. The van der Waals surface area contributed by atoms with Crippen LogP contribution in [0.3, 0.4) is 0 Å². The Balaban J connectivity index is 2.62. The monoisotopic (exact) mass is 379 g/mol. The lowest BCUT2D eigenvalue weighted by atomic mass is 9.93. The summed E-state index contributed by atoms with van der Waals surface area (Å²) < 4.78 is 10.2. The van der Waals surface area contributed by atoms with E-state index in [1.165, 1.54) is 23.9 Å². The molecule has 0 saturated heterocycles. The fraction of sp³-hybridized carbons (Fsp3) is 0.444. The van der Waals surface area contributed by atoms with Crippen molar-refractivity contribution in [2.24, 2.45) is 0 Å². The molecular weight excluding hydrogens is 358 g/mol. The minimum Gasteiger partial charge on any atom is -0.464 e. The molecule has 0 fully saturated rings. The molecule has 1 aromatic rings. The van der Waals surface area contributed by atoms with Gasteiger partial charge < -0.3 is 9.47 Å². The molecule has 0 aliphatic carbocycles. The van der Waals surface area contributed by atoms with Crippen LogP contribution in [0.25, 0.3) is 0 Å². The van der Waals surface area contributed by atoms with E-state index in [2.05, 4.69) is 0 Å². The molecule has 0 N–H and O–H groups in total. The highest BCUT2D eigenvalue weighted by Gasteiger charge is 2.60. The fourth-order valence-corrected chi connectivity index (χ4v) is 3.37. The van der Waals surface area contributed by atoms with Crippen molar-refractivity contribution in [3.63, 3.8) is 0 Å². The highest BCUT2D eigenvalue weighted by molar-refractivity contribution is 7.98. The minimum absolute atomic E-state index is 0.00241. The number of ether oxygens (including phenoxy) is 2. The molecule has 1 aliphatic heterocycles. The van der Waals surface area contributed by atoms with Crippen LogP contribution < -0.4 is 0 Å². The van der Waals surface area contributed by atoms with Gasteiger partial charge in [-0.15, -0.1) is 0 Å². The zero-order chi connectivity index (χ0) is 19.3. The third kappa shape index (κ3) is 3.21. The van der Waals surface area contributed by atoms with Gasteiger partial charge in [0, 0.05) is 6.42 Å². The van der Waals surface area contributed by atoms with Crippen molar-refractivity contribution < 1.29 is 28.7 Å². The van der Waals surface area contributed by atoms with Gasteiger partial charge in [-0.1, -0.05) is 12.1 Å². The lowest BCUT2D eigenvalue weighted by Crippen LogP contribution is -2.63. The van der Waals surface area contributed by atoms with Crippen molar-refractivity contribution in [3.8, 4) is 0 Å². The average Bonchev–Trinajstić information content (AvgIpc) is 2.89. The van der Waals surface area contributed by atoms with E-state index in [-0.39, 0.29) is 30.8 Å². The lowest BCUT2D eigenvalue weighted by molar-refractivity contribution is -0.171. The summed E-state index contributed by atoms with van der Waals surface area (Å²) in [4.78, 5) is 52.2. The lowest BCUT2D eigenvalue weighted by Gasteiger charge is -2.35. The summed E-state index contributed by atoms with van der Waals surface area (Å²) in [6.45, 7) is 3.18. The minimum atomic E-state index is -2.14. The van der Waals surface area contributed by atoms with Gasteiger partial charge >= 0.3 is 11.9 Å². The Morgan fingerprint density at radius 1 is 1.00 bits per heavy atom. The average molecular weight is 379 g/mol. The molecular formula is C18H21NO6S. The molecule has 26 heavy (non-hydrogen) atoms. The van der Waals surface area contributed by atoms with Crippen LogP contribution in [0.15, 0.2) is 24.3 Å². The van der Waals surface area contributed by atoms with Crippen molar-refractivity contribution >= 4 is 35.5 Å². The van der Waals surface area contributed by atoms with Crippen LogP contribution in [-0.2, 0) is 19.1 Å². The molecule has 0 radical (unpaired) electrons. The number of hydrogen-bond acceptors (Lipinski definition) is 7. The number of esters is 2. The fourth-order valence-electron chi connectivity index (χ4n) is 2.87. The van der Waals surface area contributed by atoms with E-state index in [0.29, 0.717) is 10.7 Å². The van der Waals surface area contributed by atoms with E-state index in [0.717, 1.165) is 0 Å². The molecule has 2 rings (SSSR count). The summed E-state index contributed by atoms with van der Waals surface area (Å²) in [5, 5.41) is 0. The molecule has 2 amide bonds. The first-order valence-electron chi connectivity index (χ1n) is 8.26. The number of carbonyl (C=O) groups is 4. The Bertz CT molecular complexity index is 679. The highest BCUT2D eigenvalue weighted by atomic mass is 32.2. The standard InChI is InChI=1S/C18H21NO6S/c1-4-24-16(22)18(10-11-26-3,17(23)25-5-2)19-14(20)12-8-6-7-9-13(12)15(19)21/h6-9H,4-5,10-11H2,1-3H3. The summed E-state index contributed by atoms with van der Waals surface area (Å²) in [7, 11) is 0. The Morgan fingerprint density at radius 2 is 1.46 bits per heavy atom. The van der Waals surface area contributed by atoms with E-state index in [4.69, 9.17) is 9.47 Å². The van der Waals surface area contributed by atoms with Gasteiger partial charge in [0.15, 0.2) is 0 Å². The maximum Gasteiger partial charge on any atom is 0.344 e. The number of carbonyl (C=O) groups excluding carboxylic acids is 4. The van der Waals surface area contributed by atoms with Crippen LogP contribution in [0.1, 0.15) is 41.0 Å². The van der Waals surface area contributed by atoms with Crippen LogP contribution in [0.4, 0.5) is 0 Å². The second-order valence-corrected chi connectivity index (χ2v) is 6.52. The largest absolute Gasteiger partial charge is 0.464 e. The SMILES string of the molecule is CCOC(=O)C(CCSC)(C(=O)OCC)N1C(=O)c2ccccc2C1=O. The van der Waals surface area contributed by atoms with Crippen LogP contribution in [0.5, 0.6) is 0 Å². The van der Waals surface area contributed by atoms with Gasteiger partial charge in [-0.2, -0.15) is 11.8 Å². The number of hydrogen-bond donors (Lipinski definition) is 0. The zero-order valence-electron chi connectivity index (χ0n) is 14.9. The normalized spacial score (nSPS) is 13.6. The number of fused-ring (bicyclic) bond motifs is 1. The van der Waals surface area contributed by atoms with E-state index >= 15 is 0 Å². The number of benzene rings is 1. The van der Waals surface area contributed by atoms with Crippen LogP contribution >= 0.6 is 11.8 Å². The number of amides is 2. The Hall–Kier alpha value is -2.35. The van der Waals surface area contributed by atoms with Gasteiger partial charge in [-0.3, -0.25) is 9.59 Å². The first-order chi connectivity index (χ1) is 12.4. The van der Waals surface area contributed by atoms with Crippen LogP contribution in [0, 0.1) is 0 Å². The van der Waals surface area contributed by atoms with Crippen molar-refractivity contribution in [2.75, 3.05) is 25.2 Å². The summed E-state index contributed by atoms with van der Waals surface area (Å²) in [5.41, 5.74) is -1.83. The van der Waals surface area contributed by atoms with Gasteiger partial charge in [0.1, 0.15) is 0 Å². The van der Waals surface area contributed by atoms with Crippen LogP contribution in [-0.4, -0.2) is 59.4 Å². The molecule has 7 nitrogen and oxygen atoms in total. The third-order valence-electron chi connectivity index (χ3n) is 4.07. The molecule has 0 bridgehead atoms. The number of nitrogens with zero attached hydrogens (tertiary/aromatic N) is 1. The molecule has 0 unspecified atom stereocenters. The zero-order valence-corrected chi connectivity index (χ0v) is 15.8. The molecule has 8 heteroatoms. The first-order valence-corrected chi connectivity index (χ1v) is 9.66. The predicted molar refractivity (Wildman–Crippen MR) is 95.9 cm³/mol. The highest BCUT2D eigenvalue weighted by Crippen LogP contribution is 2.34. The maximum atomic E-state index is 12.9. The van der Waals surface area contributed by atoms with Crippen molar-refractivity contribution in [1.82, 2.24) is 4.90 Å². The molecule has 0 saturated carbocycles. The number of rotatable bonds is 8. The summed E-state index contributed by atoms with van der Waals surface area (Å²) in [5.74, 6) is -2.96. The van der Waals surface area contributed by atoms with Crippen molar-refractivity contribution in [2.45, 2.75) is 25.8 Å². The summed E-state index contributed by atoms with van der Waals surface area (Å²) in [6.07, 6.45) is 1.71. The second kappa shape index (κ2) is 8.35. The van der Waals surface area contributed by atoms with Gasteiger partial charge in [0.25, 0.3) is 11.8 Å². The van der Waals surface area contributed by atoms with Gasteiger partial charge in [0.2, 0.25) is 5.54 Å². The van der Waals surface area contributed by atoms with Gasteiger partial charge in [0.05, 0.1) is 24.3 Å². The molecule has 0 aromatic heterocycles. The molecule has 140 valence electrons. The molecule has 1 aliphatic rings. The van der Waals surface area contributed by atoms with Crippen molar-refractivity contribution in [1.29, 1.82) is 0 Å². The topological polar surface area (TPSA) is 90.0 Å². The van der Waals surface area contributed by atoms with E-state index in [1.807, 2.05) is 0 Å². The Kier molecular flexibility index (Phi) is 6.42. The predicted octanol–water partition coefficient (Wildman–Crippen LogP) is 1.90. The van der Waals surface area contributed by atoms with Crippen molar-refractivity contribution in [3.05, 3.63) is 35.4 Å². The maximum absolute atomic E-state index is 12.9. The van der Waals surface area contributed by atoms with Crippen LogP contribution in [0.2, 0.25) is 0 Å². The number of thioether (sulfide) groups is 1. The molecule has 0 spiro atoms. The Morgan fingerprint density at radius 3 is 1.85 bits per heavy atom. The first kappa shape index (κ1) is 20.0.